The number of aryl methyl sites for hydroxylation is 1. The molecule has 0 unspecified atom stereocenters. The van der Waals surface area contributed by atoms with Gasteiger partial charge in [-0.05, 0) is 19.1 Å². The Labute approximate surface area is 89.9 Å². The minimum absolute atomic E-state index is 0.0463. The van der Waals surface area contributed by atoms with Crippen LogP contribution >= 0.6 is 0 Å². The van der Waals surface area contributed by atoms with Crippen molar-refractivity contribution in [1.82, 2.24) is 4.57 Å². The summed E-state index contributed by atoms with van der Waals surface area (Å²) >= 11 is 0. The van der Waals surface area contributed by atoms with Crippen LogP contribution in [-0.4, -0.2) is 20.7 Å². The Morgan fingerprint density at radius 3 is 2.69 bits per heavy atom. The van der Waals surface area contributed by atoms with Gasteiger partial charge in [0.25, 0.3) is 5.69 Å². The summed E-state index contributed by atoms with van der Waals surface area (Å²) in [6.45, 7) is 1.64. The molecule has 0 atom stereocenters. The Balaban J connectivity index is 2.75. The highest BCUT2D eigenvalue weighted by molar-refractivity contribution is 5.91. The van der Waals surface area contributed by atoms with E-state index in [1.165, 1.54) is 18.2 Å². The molecule has 0 amide bonds. The van der Waals surface area contributed by atoms with Crippen molar-refractivity contribution >= 4 is 22.7 Å². The molecule has 0 aliphatic rings. The smallest absolute Gasteiger partial charge is 0.416 e. The molecule has 2 rings (SSSR count). The monoisotopic (exact) mass is 220 g/mol. The molecule has 6 heteroatoms. The van der Waals surface area contributed by atoms with Gasteiger partial charge in [0.05, 0.1) is 10.4 Å². The second-order valence-electron chi connectivity index (χ2n) is 3.40. The quantitative estimate of drug-likeness (QED) is 0.590. The average Bonchev–Trinajstić information content (AvgIpc) is 2.51. The summed E-state index contributed by atoms with van der Waals surface area (Å²) in [5, 5.41) is 20.1. The number of fused-ring (bicyclic) bond motifs is 1. The maximum atomic E-state index is 10.9. The number of aromatic nitrogens is 1. The number of non-ortho nitro benzene ring substituents is 1. The molecule has 0 bridgehead atoms. The fourth-order valence-electron chi connectivity index (χ4n) is 1.71. The van der Waals surface area contributed by atoms with E-state index in [0.717, 1.165) is 4.57 Å². The van der Waals surface area contributed by atoms with Crippen molar-refractivity contribution in [3.05, 3.63) is 40.1 Å². The number of carbonyl (C=O) groups is 1. The van der Waals surface area contributed by atoms with Gasteiger partial charge in [-0.25, -0.2) is 4.79 Å². The van der Waals surface area contributed by atoms with E-state index in [1.54, 1.807) is 13.0 Å². The summed E-state index contributed by atoms with van der Waals surface area (Å²) in [6, 6.07) is 5.70. The number of hydrogen-bond acceptors (Lipinski definition) is 3. The van der Waals surface area contributed by atoms with Crippen molar-refractivity contribution in [3.8, 4) is 0 Å². The van der Waals surface area contributed by atoms with Crippen LogP contribution in [0.5, 0.6) is 0 Å². The molecule has 82 valence electrons. The number of nitro groups is 1. The van der Waals surface area contributed by atoms with Crippen LogP contribution < -0.4 is 0 Å². The molecule has 0 aliphatic heterocycles. The first-order valence-electron chi connectivity index (χ1n) is 4.50. The molecule has 1 aromatic carbocycles. The predicted octanol–water partition coefficient (Wildman–Crippen LogP) is 2.38. The molecule has 0 fully saturated rings. The Morgan fingerprint density at radius 2 is 2.12 bits per heavy atom. The lowest BCUT2D eigenvalue weighted by atomic mass is 10.2. The second-order valence-corrected chi connectivity index (χ2v) is 3.40. The minimum Gasteiger partial charge on any atom is -0.464 e. The molecule has 16 heavy (non-hydrogen) atoms. The summed E-state index contributed by atoms with van der Waals surface area (Å²) < 4.78 is 1.10. The third kappa shape index (κ3) is 1.40. The van der Waals surface area contributed by atoms with Crippen molar-refractivity contribution in [2.75, 3.05) is 0 Å². The highest BCUT2D eigenvalue weighted by Gasteiger charge is 2.14. The average molecular weight is 220 g/mol. The first-order chi connectivity index (χ1) is 7.50. The van der Waals surface area contributed by atoms with Crippen molar-refractivity contribution < 1.29 is 14.8 Å². The first-order valence-corrected chi connectivity index (χ1v) is 4.50. The van der Waals surface area contributed by atoms with E-state index >= 15 is 0 Å². The summed E-state index contributed by atoms with van der Waals surface area (Å²) in [4.78, 5) is 21.0. The molecule has 0 radical (unpaired) electrons. The number of rotatable bonds is 1. The molecule has 0 aliphatic carbocycles. The Morgan fingerprint density at radius 1 is 1.44 bits per heavy atom. The number of nitro benzene ring substituents is 1. The third-order valence-corrected chi connectivity index (χ3v) is 2.37. The van der Waals surface area contributed by atoms with Crippen LogP contribution in [0.1, 0.15) is 5.69 Å². The fraction of sp³-hybridized carbons (Fsp3) is 0.100. The zero-order valence-corrected chi connectivity index (χ0v) is 8.38. The topological polar surface area (TPSA) is 85.4 Å². The van der Waals surface area contributed by atoms with Crippen LogP contribution in [0.3, 0.4) is 0 Å². The molecule has 6 nitrogen and oxygen atoms in total. The van der Waals surface area contributed by atoms with E-state index < -0.39 is 11.0 Å². The van der Waals surface area contributed by atoms with Gasteiger partial charge in [0.1, 0.15) is 0 Å². The fourth-order valence-corrected chi connectivity index (χ4v) is 1.71. The van der Waals surface area contributed by atoms with Gasteiger partial charge in [-0.3, -0.25) is 14.7 Å². The van der Waals surface area contributed by atoms with Gasteiger partial charge in [0.15, 0.2) is 0 Å². The maximum absolute atomic E-state index is 10.9. The van der Waals surface area contributed by atoms with E-state index in [1.807, 2.05) is 0 Å². The van der Waals surface area contributed by atoms with E-state index in [0.29, 0.717) is 16.6 Å². The standard InChI is InChI=1S/C10H8N2O4/c1-6-4-7-5-8(12(15)16)2-3-9(7)11(6)10(13)14/h2-5H,1H3,(H,13,14). The number of carboxylic acid groups (broad SMARTS) is 1. The maximum Gasteiger partial charge on any atom is 0.416 e. The van der Waals surface area contributed by atoms with Crippen LogP contribution in [0.2, 0.25) is 0 Å². The van der Waals surface area contributed by atoms with Gasteiger partial charge < -0.3 is 5.11 Å². The van der Waals surface area contributed by atoms with Crippen LogP contribution in [0.15, 0.2) is 24.3 Å². The SMILES string of the molecule is Cc1cc2cc([N+](=O)[O-])ccc2n1C(=O)O. The highest BCUT2D eigenvalue weighted by Crippen LogP contribution is 2.24. The molecule has 2 aromatic rings. The van der Waals surface area contributed by atoms with Crippen LogP contribution in [-0.2, 0) is 0 Å². The Hall–Kier alpha value is -2.37. The van der Waals surface area contributed by atoms with Gasteiger partial charge in [0.2, 0.25) is 0 Å². The molecule has 1 heterocycles. The van der Waals surface area contributed by atoms with E-state index in [4.69, 9.17) is 5.11 Å². The summed E-state index contributed by atoms with van der Waals surface area (Å²) in [5.74, 6) is 0. The molecular formula is C10H8N2O4. The van der Waals surface area contributed by atoms with Crippen molar-refractivity contribution in [3.63, 3.8) is 0 Å². The lowest BCUT2D eigenvalue weighted by molar-refractivity contribution is -0.384. The highest BCUT2D eigenvalue weighted by atomic mass is 16.6. The summed E-state index contributed by atoms with van der Waals surface area (Å²) in [7, 11) is 0. The van der Waals surface area contributed by atoms with Gasteiger partial charge in [0, 0.05) is 23.2 Å². The zero-order valence-electron chi connectivity index (χ0n) is 8.38. The van der Waals surface area contributed by atoms with Gasteiger partial charge in [-0.1, -0.05) is 0 Å². The predicted molar refractivity (Wildman–Crippen MR) is 56.8 cm³/mol. The van der Waals surface area contributed by atoms with Crippen LogP contribution in [0, 0.1) is 17.0 Å². The largest absolute Gasteiger partial charge is 0.464 e. The molecule has 0 spiro atoms. The molecule has 0 saturated carbocycles. The van der Waals surface area contributed by atoms with Gasteiger partial charge in [-0.2, -0.15) is 0 Å². The van der Waals surface area contributed by atoms with E-state index in [-0.39, 0.29) is 5.69 Å². The molecular weight excluding hydrogens is 212 g/mol. The Kier molecular flexibility index (Phi) is 2.12. The summed E-state index contributed by atoms with van der Waals surface area (Å²) in [6.07, 6.45) is -1.10. The molecule has 0 saturated heterocycles. The van der Waals surface area contributed by atoms with Crippen molar-refractivity contribution in [2.45, 2.75) is 6.92 Å². The normalized spacial score (nSPS) is 10.6. The minimum atomic E-state index is -1.10. The van der Waals surface area contributed by atoms with Gasteiger partial charge >= 0.3 is 6.09 Å². The number of nitrogens with zero attached hydrogens (tertiary/aromatic N) is 2. The number of benzene rings is 1. The van der Waals surface area contributed by atoms with Crippen molar-refractivity contribution in [2.24, 2.45) is 0 Å². The first kappa shape index (κ1) is 10.2. The number of hydrogen-bond donors (Lipinski definition) is 1. The summed E-state index contributed by atoms with van der Waals surface area (Å²) in [5.41, 5.74) is 0.939. The van der Waals surface area contributed by atoms with E-state index in [9.17, 15) is 14.9 Å². The van der Waals surface area contributed by atoms with E-state index in [2.05, 4.69) is 0 Å². The zero-order chi connectivity index (χ0) is 11.9. The molecule has 1 aromatic heterocycles. The van der Waals surface area contributed by atoms with Crippen molar-refractivity contribution in [1.29, 1.82) is 0 Å². The lowest BCUT2D eigenvalue weighted by Gasteiger charge is -1.99. The van der Waals surface area contributed by atoms with Crippen LogP contribution in [0.25, 0.3) is 10.9 Å². The van der Waals surface area contributed by atoms with Crippen LogP contribution in [0.4, 0.5) is 10.5 Å². The Bertz CT molecular complexity index is 600. The molecule has 1 N–H and O–H groups in total. The second kappa shape index (κ2) is 3.34. The lowest BCUT2D eigenvalue weighted by Crippen LogP contribution is -2.08. The van der Waals surface area contributed by atoms with Gasteiger partial charge in [-0.15, -0.1) is 0 Å². The third-order valence-electron chi connectivity index (χ3n) is 2.37.